The van der Waals surface area contributed by atoms with E-state index in [1.54, 1.807) is 11.9 Å². The van der Waals surface area contributed by atoms with E-state index in [1.807, 2.05) is 0 Å². The van der Waals surface area contributed by atoms with Gasteiger partial charge in [0.1, 0.15) is 17.8 Å². The second-order valence-electron chi connectivity index (χ2n) is 6.33. The fraction of sp³-hybridized carbons (Fsp3) is 0.444. The van der Waals surface area contributed by atoms with Gasteiger partial charge in [0.25, 0.3) is 5.91 Å². The number of ether oxygens (including phenoxy) is 1. The number of carbonyl (C=O) groups excluding carboxylic acids is 1. The quantitative estimate of drug-likeness (QED) is 0.804. The molecule has 0 spiro atoms. The fourth-order valence-electron chi connectivity index (χ4n) is 2.96. The van der Waals surface area contributed by atoms with Gasteiger partial charge < -0.3 is 19.0 Å². The molecule has 0 aliphatic carbocycles. The minimum atomic E-state index is -0.327. The first-order valence-electron chi connectivity index (χ1n) is 8.31. The Hall–Kier alpha value is -2.41. The number of halogens is 1. The highest BCUT2D eigenvalue weighted by Crippen LogP contribution is 2.17. The number of likely N-dealkylation sites (tertiary alicyclic amines) is 1. The molecule has 1 aromatic carbocycles. The van der Waals surface area contributed by atoms with Gasteiger partial charge in [0.15, 0.2) is 12.3 Å². The van der Waals surface area contributed by atoms with Gasteiger partial charge in [-0.25, -0.2) is 9.37 Å². The number of oxazole rings is 1. The molecule has 0 saturated carbocycles. The molecule has 0 radical (unpaired) electrons. The van der Waals surface area contributed by atoms with Gasteiger partial charge >= 0.3 is 0 Å². The molecule has 25 heavy (non-hydrogen) atoms. The van der Waals surface area contributed by atoms with Gasteiger partial charge in [-0.2, -0.15) is 0 Å². The van der Waals surface area contributed by atoms with Crippen LogP contribution in [0, 0.1) is 5.82 Å². The molecule has 0 bridgehead atoms. The highest BCUT2D eigenvalue weighted by Gasteiger charge is 2.25. The largest absolute Gasteiger partial charge is 0.484 e. The maximum Gasteiger partial charge on any atom is 0.275 e. The van der Waals surface area contributed by atoms with Crippen LogP contribution < -0.4 is 4.74 Å². The third-order valence-corrected chi connectivity index (χ3v) is 4.45. The molecule has 3 rings (SSSR count). The lowest BCUT2D eigenvalue weighted by molar-refractivity contribution is 0.0755. The molecule has 1 atom stereocenters. The van der Waals surface area contributed by atoms with Crippen molar-refractivity contribution in [1.29, 1.82) is 0 Å². The predicted octanol–water partition coefficient (Wildman–Crippen LogP) is 2.56. The Morgan fingerprint density at radius 2 is 2.20 bits per heavy atom. The van der Waals surface area contributed by atoms with Crippen molar-refractivity contribution >= 4 is 5.91 Å². The predicted molar refractivity (Wildman–Crippen MR) is 89.8 cm³/mol. The standard InChI is InChI=1S/C18H22FN3O3/c1-21-9-3-4-14(21)10-22(2)18(23)16-11-25-17(20-16)12-24-15-7-5-13(19)6-8-15/h5-8,11,14H,3-4,9-10,12H2,1-2H3/t14-/m0/s1. The van der Waals surface area contributed by atoms with E-state index in [0.717, 1.165) is 19.4 Å². The van der Waals surface area contributed by atoms with E-state index < -0.39 is 0 Å². The Balaban J connectivity index is 1.54. The van der Waals surface area contributed by atoms with Crippen LogP contribution in [-0.4, -0.2) is 53.9 Å². The van der Waals surface area contributed by atoms with Crippen molar-refractivity contribution in [2.24, 2.45) is 0 Å². The van der Waals surface area contributed by atoms with Crippen LogP contribution >= 0.6 is 0 Å². The molecule has 1 aliphatic heterocycles. The second-order valence-corrected chi connectivity index (χ2v) is 6.33. The number of amides is 1. The van der Waals surface area contributed by atoms with Crippen LogP contribution in [0.25, 0.3) is 0 Å². The van der Waals surface area contributed by atoms with Crippen molar-refractivity contribution in [3.05, 3.63) is 47.9 Å². The number of aromatic nitrogens is 1. The van der Waals surface area contributed by atoms with Crippen molar-refractivity contribution in [2.45, 2.75) is 25.5 Å². The molecule has 7 heteroatoms. The summed E-state index contributed by atoms with van der Waals surface area (Å²) in [5.74, 6) is 0.317. The van der Waals surface area contributed by atoms with E-state index >= 15 is 0 Å². The summed E-state index contributed by atoms with van der Waals surface area (Å²) >= 11 is 0. The summed E-state index contributed by atoms with van der Waals surface area (Å²) < 4.78 is 23.6. The zero-order valence-corrected chi connectivity index (χ0v) is 14.4. The first-order valence-corrected chi connectivity index (χ1v) is 8.31. The molecular weight excluding hydrogens is 325 g/mol. The molecule has 2 aromatic rings. The molecule has 2 heterocycles. The Morgan fingerprint density at radius 1 is 1.44 bits per heavy atom. The normalized spacial score (nSPS) is 17.6. The molecule has 1 amide bonds. The molecule has 0 N–H and O–H groups in total. The van der Waals surface area contributed by atoms with Crippen LogP contribution in [0.2, 0.25) is 0 Å². The highest BCUT2D eigenvalue weighted by atomic mass is 19.1. The van der Waals surface area contributed by atoms with E-state index in [9.17, 15) is 9.18 Å². The number of rotatable bonds is 6. The molecule has 1 aliphatic rings. The summed E-state index contributed by atoms with van der Waals surface area (Å²) in [6, 6.07) is 6.07. The van der Waals surface area contributed by atoms with E-state index in [1.165, 1.54) is 30.5 Å². The minimum Gasteiger partial charge on any atom is -0.484 e. The van der Waals surface area contributed by atoms with Crippen molar-refractivity contribution < 1.29 is 18.3 Å². The lowest BCUT2D eigenvalue weighted by atomic mass is 10.2. The van der Waals surface area contributed by atoms with Gasteiger partial charge in [-0.15, -0.1) is 0 Å². The third-order valence-electron chi connectivity index (χ3n) is 4.45. The number of hydrogen-bond donors (Lipinski definition) is 0. The van der Waals surface area contributed by atoms with E-state index in [4.69, 9.17) is 9.15 Å². The average Bonchev–Trinajstić information content (AvgIpc) is 3.23. The topological polar surface area (TPSA) is 58.8 Å². The van der Waals surface area contributed by atoms with Crippen LogP contribution in [-0.2, 0) is 6.61 Å². The fourth-order valence-corrected chi connectivity index (χ4v) is 2.96. The zero-order chi connectivity index (χ0) is 17.8. The van der Waals surface area contributed by atoms with Gasteiger partial charge in [-0.05, 0) is 50.7 Å². The summed E-state index contributed by atoms with van der Waals surface area (Å²) in [6.07, 6.45) is 3.61. The smallest absolute Gasteiger partial charge is 0.275 e. The van der Waals surface area contributed by atoms with Crippen molar-refractivity contribution in [3.63, 3.8) is 0 Å². The van der Waals surface area contributed by atoms with Crippen LogP contribution in [0.1, 0.15) is 29.2 Å². The lowest BCUT2D eigenvalue weighted by Crippen LogP contribution is -2.39. The Labute approximate surface area is 146 Å². The molecule has 1 aromatic heterocycles. The maximum atomic E-state index is 12.9. The number of likely N-dealkylation sites (N-methyl/N-ethyl adjacent to an activating group) is 2. The molecular formula is C18H22FN3O3. The summed E-state index contributed by atoms with van der Waals surface area (Å²) in [6.45, 7) is 1.82. The number of nitrogens with zero attached hydrogens (tertiary/aromatic N) is 3. The first kappa shape index (κ1) is 17.4. The molecule has 134 valence electrons. The molecule has 6 nitrogen and oxygen atoms in total. The Kier molecular flexibility index (Phi) is 5.33. The highest BCUT2D eigenvalue weighted by molar-refractivity contribution is 5.91. The van der Waals surface area contributed by atoms with E-state index in [2.05, 4.69) is 16.9 Å². The van der Waals surface area contributed by atoms with E-state index in [0.29, 0.717) is 24.2 Å². The molecule has 1 fully saturated rings. The number of carbonyl (C=O) groups is 1. The SMILES string of the molecule is CN(C[C@@H]1CCCN1C)C(=O)c1coc(COc2ccc(F)cc2)n1. The second kappa shape index (κ2) is 7.65. The Morgan fingerprint density at radius 3 is 2.88 bits per heavy atom. The average molecular weight is 347 g/mol. The molecule has 1 saturated heterocycles. The third kappa shape index (κ3) is 4.36. The summed E-state index contributed by atoms with van der Waals surface area (Å²) in [5, 5.41) is 0. The summed E-state index contributed by atoms with van der Waals surface area (Å²) in [5.41, 5.74) is 0.265. The van der Waals surface area contributed by atoms with Crippen molar-refractivity contribution in [2.75, 3.05) is 27.2 Å². The maximum absolute atomic E-state index is 12.9. The van der Waals surface area contributed by atoms with Gasteiger partial charge in [-0.3, -0.25) is 4.79 Å². The van der Waals surface area contributed by atoms with Gasteiger partial charge in [0.2, 0.25) is 5.89 Å². The number of benzene rings is 1. The Bertz CT molecular complexity index is 717. The van der Waals surface area contributed by atoms with Crippen molar-refractivity contribution in [3.8, 4) is 5.75 Å². The molecule has 0 unspecified atom stereocenters. The monoisotopic (exact) mass is 347 g/mol. The van der Waals surface area contributed by atoms with Crippen molar-refractivity contribution in [1.82, 2.24) is 14.8 Å². The van der Waals surface area contributed by atoms with Gasteiger partial charge in [0.05, 0.1) is 0 Å². The minimum absolute atomic E-state index is 0.0774. The summed E-state index contributed by atoms with van der Waals surface area (Å²) in [4.78, 5) is 20.6. The van der Waals surface area contributed by atoms with Crippen LogP contribution in [0.15, 0.2) is 34.9 Å². The van der Waals surface area contributed by atoms with Gasteiger partial charge in [0, 0.05) is 19.6 Å². The first-order chi connectivity index (χ1) is 12.0. The summed E-state index contributed by atoms with van der Waals surface area (Å²) in [7, 11) is 3.86. The number of hydrogen-bond acceptors (Lipinski definition) is 5. The van der Waals surface area contributed by atoms with Gasteiger partial charge in [-0.1, -0.05) is 0 Å². The zero-order valence-electron chi connectivity index (χ0n) is 14.4. The van der Waals surface area contributed by atoms with Crippen LogP contribution in [0.3, 0.4) is 0 Å². The van der Waals surface area contributed by atoms with Crippen LogP contribution in [0.4, 0.5) is 4.39 Å². The lowest BCUT2D eigenvalue weighted by Gasteiger charge is -2.25. The van der Waals surface area contributed by atoms with Crippen LogP contribution in [0.5, 0.6) is 5.75 Å². The van der Waals surface area contributed by atoms with E-state index in [-0.39, 0.29) is 24.0 Å².